The number of rotatable bonds is 2. The summed E-state index contributed by atoms with van der Waals surface area (Å²) in [5.41, 5.74) is 0. The van der Waals surface area contributed by atoms with Crippen molar-refractivity contribution in [1.82, 2.24) is 4.98 Å². The quantitative estimate of drug-likeness (QED) is 0.753. The maximum atomic E-state index is 13.1. The normalized spacial score (nSPS) is 10.0. The van der Waals surface area contributed by atoms with Crippen molar-refractivity contribution in [3.05, 3.63) is 54.4 Å². The van der Waals surface area contributed by atoms with Crippen molar-refractivity contribution >= 4 is 0 Å². The van der Waals surface area contributed by atoms with Gasteiger partial charge in [-0.25, -0.2) is 8.78 Å². The third-order valence-electron chi connectivity index (χ3n) is 1.72. The largest absolute Gasteiger partial charge is 0.451 e. The van der Waals surface area contributed by atoms with E-state index in [1.165, 1.54) is 0 Å². The van der Waals surface area contributed by atoms with Gasteiger partial charge in [0.1, 0.15) is 5.75 Å². The predicted octanol–water partition coefficient (Wildman–Crippen LogP) is 2.95. The van der Waals surface area contributed by atoms with Gasteiger partial charge >= 0.3 is 0 Å². The number of hydrogen-bond donors (Lipinski definition) is 0. The molecule has 0 aliphatic heterocycles. The lowest BCUT2D eigenvalue weighted by atomic mass is 10.3. The second-order valence-electron chi connectivity index (χ2n) is 2.77. The lowest BCUT2D eigenvalue weighted by Gasteiger charge is -2.06. The van der Waals surface area contributed by atoms with Crippen LogP contribution in [0.2, 0.25) is 0 Å². The Labute approximate surface area is 85.2 Å². The second-order valence-corrected chi connectivity index (χ2v) is 2.77. The van der Waals surface area contributed by atoms with E-state index in [1.807, 2.05) is 0 Å². The third kappa shape index (κ3) is 2.10. The Hall–Kier alpha value is -1.97. The summed E-state index contributed by atoms with van der Waals surface area (Å²) in [7, 11) is 0. The molecule has 4 heteroatoms. The first-order chi connectivity index (χ1) is 7.27. The average Bonchev–Trinajstić information content (AvgIpc) is 2.25. The van der Waals surface area contributed by atoms with Crippen LogP contribution in [-0.4, -0.2) is 4.98 Å². The van der Waals surface area contributed by atoms with Gasteiger partial charge in [-0.15, -0.1) is 0 Å². The molecule has 0 fully saturated rings. The molecule has 75 valence electrons. The summed E-state index contributed by atoms with van der Waals surface area (Å²) < 4.78 is 31.2. The van der Waals surface area contributed by atoms with Crippen LogP contribution in [0.4, 0.5) is 8.78 Å². The van der Waals surface area contributed by atoms with Crippen LogP contribution in [0.25, 0.3) is 0 Å². The zero-order valence-electron chi connectivity index (χ0n) is 7.58. The fourth-order valence-corrected chi connectivity index (χ4v) is 1.05. The average molecular weight is 206 g/mol. The first-order valence-corrected chi connectivity index (χ1v) is 4.20. The van der Waals surface area contributed by atoms with Gasteiger partial charge in [-0.1, -0.05) is 12.1 Å². The number of pyridine rings is 1. The molecule has 0 atom stereocenters. The van der Waals surface area contributed by atoms with E-state index in [2.05, 4.69) is 11.1 Å². The molecule has 1 radical (unpaired) electrons. The number of ether oxygens (including phenoxy) is 1. The minimum atomic E-state index is -0.831. The van der Waals surface area contributed by atoms with E-state index >= 15 is 0 Å². The number of hydrogen-bond acceptors (Lipinski definition) is 2. The van der Waals surface area contributed by atoms with E-state index < -0.39 is 17.4 Å². The van der Waals surface area contributed by atoms with Crippen LogP contribution in [0.3, 0.4) is 0 Å². The molecule has 0 saturated heterocycles. The summed E-state index contributed by atoms with van der Waals surface area (Å²) in [5.74, 6) is -1.76. The maximum absolute atomic E-state index is 13.1. The van der Waals surface area contributed by atoms with Gasteiger partial charge in [0.15, 0.2) is 11.6 Å². The molecule has 0 aliphatic carbocycles. The standard InChI is InChI=1S/C11H6F2NO/c12-9-6-14-7-10(13)11(9)15-8-4-2-1-3-5-8/h2-7H. The molecule has 2 nitrogen and oxygen atoms in total. The van der Waals surface area contributed by atoms with Crippen LogP contribution in [0.5, 0.6) is 11.5 Å². The minimum absolute atomic E-state index is 0.345. The van der Waals surface area contributed by atoms with E-state index in [9.17, 15) is 8.78 Å². The number of halogens is 2. The highest BCUT2D eigenvalue weighted by Crippen LogP contribution is 2.25. The molecule has 0 spiro atoms. The highest BCUT2D eigenvalue weighted by molar-refractivity contribution is 5.30. The number of aromatic nitrogens is 1. The van der Waals surface area contributed by atoms with Crippen LogP contribution in [-0.2, 0) is 0 Å². The Kier molecular flexibility index (Phi) is 2.58. The van der Waals surface area contributed by atoms with E-state index in [0.29, 0.717) is 5.75 Å². The van der Waals surface area contributed by atoms with Gasteiger partial charge in [0, 0.05) is 0 Å². The summed E-state index contributed by atoms with van der Waals surface area (Å²) in [6, 6.07) is 9.06. The Morgan fingerprint density at radius 1 is 1.07 bits per heavy atom. The molecule has 0 N–H and O–H groups in total. The summed E-state index contributed by atoms with van der Waals surface area (Å²) in [6.07, 6.45) is 1.79. The highest BCUT2D eigenvalue weighted by atomic mass is 19.1. The van der Waals surface area contributed by atoms with Crippen molar-refractivity contribution in [2.75, 3.05) is 0 Å². The van der Waals surface area contributed by atoms with Gasteiger partial charge in [0.05, 0.1) is 12.4 Å². The van der Waals surface area contributed by atoms with Gasteiger partial charge in [-0.3, -0.25) is 4.98 Å². The fourth-order valence-electron chi connectivity index (χ4n) is 1.05. The summed E-state index contributed by atoms with van der Waals surface area (Å²) >= 11 is 0. The Morgan fingerprint density at radius 3 is 2.27 bits per heavy atom. The molecular weight excluding hydrogens is 200 g/mol. The Balaban J connectivity index is 2.32. The fraction of sp³-hybridized carbons (Fsp3) is 0. The van der Waals surface area contributed by atoms with Crippen molar-refractivity contribution in [1.29, 1.82) is 0 Å². The SMILES string of the molecule is Fc1cncc(F)c1Oc1cc[c]cc1. The Bertz CT molecular complexity index is 439. The van der Waals surface area contributed by atoms with Gasteiger partial charge in [-0.2, -0.15) is 0 Å². The summed E-state index contributed by atoms with van der Waals surface area (Å²) in [5, 5.41) is 0. The van der Waals surface area contributed by atoms with Crippen molar-refractivity contribution in [2.24, 2.45) is 0 Å². The molecule has 1 heterocycles. The lowest BCUT2D eigenvalue weighted by molar-refractivity contribution is 0.404. The molecule has 0 amide bonds. The smallest absolute Gasteiger partial charge is 0.201 e. The first kappa shape index (κ1) is 9.58. The zero-order valence-corrected chi connectivity index (χ0v) is 7.58. The second kappa shape index (κ2) is 4.04. The topological polar surface area (TPSA) is 22.1 Å². The van der Waals surface area contributed by atoms with Crippen LogP contribution in [0.1, 0.15) is 0 Å². The molecule has 1 aromatic heterocycles. The lowest BCUT2D eigenvalue weighted by Crippen LogP contribution is -1.93. The van der Waals surface area contributed by atoms with Gasteiger partial charge in [0.25, 0.3) is 0 Å². The third-order valence-corrected chi connectivity index (χ3v) is 1.72. The molecule has 0 aliphatic rings. The van der Waals surface area contributed by atoms with Gasteiger partial charge < -0.3 is 4.74 Å². The molecule has 0 saturated carbocycles. The number of nitrogens with zero attached hydrogens (tertiary/aromatic N) is 1. The molecule has 1 aromatic carbocycles. The molecule has 0 bridgehead atoms. The van der Waals surface area contributed by atoms with E-state index in [1.54, 1.807) is 24.3 Å². The molecule has 2 rings (SSSR count). The minimum Gasteiger partial charge on any atom is -0.451 e. The van der Waals surface area contributed by atoms with Crippen molar-refractivity contribution in [2.45, 2.75) is 0 Å². The molecular formula is C11H6F2NO. The van der Waals surface area contributed by atoms with E-state index in [4.69, 9.17) is 4.74 Å². The van der Waals surface area contributed by atoms with Gasteiger partial charge in [-0.05, 0) is 18.2 Å². The van der Waals surface area contributed by atoms with Crippen molar-refractivity contribution < 1.29 is 13.5 Å². The van der Waals surface area contributed by atoms with Crippen molar-refractivity contribution in [3.63, 3.8) is 0 Å². The van der Waals surface area contributed by atoms with Gasteiger partial charge in [0.2, 0.25) is 5.75 Å². The Morgan fingerprint density at radius 2 is 1.67 bits per heavy atom. The highest BCUT2D eigenvalue weighted by Gasteiger charge is 2.10. The predicted molar refractivity (Wildman–Crippen MR) is 49.5 cm³/mol. The summed E-state index contributed by atoms with van der Waals surface area (Å²) in [4.78, 5) is 3.35. The van der Waals surface area contributed by atoms with E-state index in [0.717, 1.165) is 12.4 Å². The van der Waals surface area contributed by atoms with Crippen LogP contribution >= 0.6 is 0 Å². The monoisotopic (exact) mass is 206 g/mol. The first-order valence-electron chi connectivity index (χ1n) is 4.20. The van der Waals surface area contributed by atoms with Crippen LogP contribution in [0, 0.1) is 17.7 Å². The molecule has 15 heavy (non-hydrogen) atoms. The summed E-state index contributed by atoms with van der Waals surface area (Å²) in [6.45, 7) is 0. The van der Waals surface area contributed by atoms with Crippen molar-refractivity contribution in [3.8, 4) is 11.5 Å². The van der Waals surface area contributed by atoms with Crippen LogP contribution < -0.4 is 4.74 Å². The maximum Gasteiger partial charge on any atom is 0.201 e. The van der Waals surface area contributed by atoms with Crippen LogP contribution in [0.15, 0.2) is 36.7 Å². The molecule has 2 aromatic rings. The van der Waals surface area contributed by atoms with E-state index in [-0.39, 0.29) is 0 Å². The molecule has 0 unspecified atom stereocenters. The number of benzene rings is 1. The zero-order chi connectivity index (χ0) is 10.7.